The first-order chi connectivity index (χ1) is 4.74. The molecule has 0 amide bonds. The fourth-order valence-electron chi connectivity index (χ4n) is 0.688. The van der Waals surface area contributed by atoms with Gasteiger partial charge in [-0.15, -0.1) is 0 Å². The van der Waals surface area contributed by atoms with E-state index in [1.54, 1.807) is 0 Å². The van der Waals surface area contributed by atoms with E-state index in [2.05, 4.69) is 11.3 Å². The van der Waals surface area contributed by atoms with Crippen LogP contribution >= 0.6 is 0 Å². The molecule has 1 unspecified atom stereocenters. The second-order valence-electron chi connectivity index (χ2n) is 2.25. The fourth-order valence-corrected chi connectivity index (χ4v) is 0.688. The lowest BCUT2D eigenvalue weighted by Crippen LogP contribution is -2.05. The molecule has 1 rings (SSSR count). The number of carbonyl (C=O) groups excluding carboxylic acids is 1. The number of ether oxygens (including phenoxy) is 2. The second kappa shape index (κ2) is 4.10. The lowest BCUT2D eigenvalue weighted by molar-refractivity contribution is -0.136. The third-order valence-electron chi connectivity index (χ3n) is 1.35. The highest BCUT2D eigenvalue weighted by Gasteiger charge is 2.25. The van der Waals surface area contributed by atoms with Crippen LogP contribution in [0.4, 0.5) is 0 Å². The Morgan fingerprint density at radius 2 is 2.36 bits per heavy atom. The molecule has 4 nitrogen and oxygen atoms in total. The smallest absolute Gasteiger partial charge is 0.333 e. The summed E-state index contributed by atoms with van der Waals surface area (Å²) in [5.74, 6) is -0.337. The van der Waals surface area contributed by atoms with Crippen LogP contribution in [0.25, 0.3) is 0 Å². The van der Waals surface area contributed by atoms with Crippen molar-refractivity contribution in [1.29, 1.82) is 0 Å². The highest BCUT2D eigenvalue weighted by molar-refractivity contribution is 5.87. The van der Waals surface area contributed by atoms with Crippen molar-refractivity contribution >= 4 is 5.97 Å². The predicted molar refractivity (Wildman–Crippen MR) is 40.5 cm³/mol. The largest absolute Gasteiger partial charge is 0.466 e. The summed E-state index contributed by atoms with van der Waals surface area (Å²) in [7, 11) is 1.35. The molecule has 0 radical (unpaired) electrons. The molecule has 0 aromatic carbocycles. The van der Waals surface area contributed by atoms with Crippen LogP contribution in [-0.4, -0.2) is 25.8 Å². The summed E-state index contributed by atoms with van der Waals surface area (Å²) in [4.78, 5) is 10.7. The molecule has 1 atom stereocenters. The van der Waals surface area contributed by atoms with Crippen LogP contribution < -0.4 is 6.15 Å². The van der Waals surface area contributed by atoms with Crippen LogP contribution in [0.5, 0.6) is 0 Å². The minimum atomic E-state index is -0.337. The molecule has 0 aromatic rings. The first-order valence-corrected chi connectivity index (χ1v) is 3.11. The van der Waals surface area contributed by atoms with Gasteiger partial charge in [-0.25, -0.2) is 4.79 Å². The van der Waals surface area contributed by atoms with E-state index in [0.717, 1.165) is 6.61 Å². The van der Waals surface area contributed by atoms with Gasteiger partial charge in [0.15, 0.2) is 0 Å². The Morgan fingerprint density at radius 1 is 1.82 bits per heavy atom. The van der Waals surface area contributed by atoms with Crippen molar-refractivity contribution < 1.29 is 14.3 Å². The zero-order valence-corrected chi connectivity index (χ0v) is 6.63. The lowest BCUT2D eigenvalue weighted by Gasteiger charge is -1.98. The number of carbonyl (C=O) groups is 1. The molecule has 4 heteroatoms. The molecule has 0 bridgehead atoms. The van der Waals surface area contributed by atoms with Gasteiger partial charge in [0, 0.05) is 12.0 Å². The molecule has 3 N–H and O–H groups in total. The number of methoxy groups -OCH3 is 1. The Balaban J connectivity index is 0.000001000. The van der Waals surface area contributed by atoms with E-state index in [-0.39, 0.29) is 18.2 Å². The molecule has 64 valence electrons. The second-order valence-corrected chi connectivity index (χ2v) is 2.25. The molecule has 0 spiro atoms. The van der Waals surface area contributed by atoms with Crippen molar-refractivity contribution in [2.75, 3.05) is 13.7 Å². The van der Waals surface area contributed by atoms with E-state index in [1.165, 1.54) is 7.11 Å². The summed E-state index contributed by atoms with van der Waals surface area (Å²) in [5.41, 5.74) is 0.491. The van der Waals surface area contributed by atoms with Crippen LogP contribution in [0.15, 0.2) is 12.2 Å². The van der Waals surface area contributed by atoms with E-state index in [1.807, 2.05) is 0 Å². The van der Waals surface area contributed by atoms with Gasteiger partial charge in [0.25, 0.3) is 0 Å². The number of rotatable bonds is 3. The van der Waals surface area contributed by atoms with Crippen molar-refractivity contribution in [2.45, 2.75) is 12.5 Å². The van der Waals surface area contributed by atoms with E-state index in [0.29, 0.717) is 12.0 Å². The molecule has 1 fully saturated rings. The number of epoxide rings is 1. The highest BCUT2D eigenvalue weighted by Crippen LogP contribution is 2.18. The zero-order chi connectivity index (χ0) is 7.56. The van der Waals surface area contributed by atoms with Gasteiger partial charge in [-0.3, -0.25) is 0 Å². The fraction of sp³-hybridized carbons (Fsp3) is 0.571. The molecule has 1 aliphatic rings. The summed E-state index contributed by atoms with van der Waals surface area (Å²) >= 11 is 0. The summed E-state index contributed by atoms with van der Waals surface area (Å²) in [6.07, 6.45) is 0.818. The van der Waals surface area contributed by atoms with Crippen molar-refractivity contribution in [3.05, 3.63) is 12.2 Å². The topological polar surface area (TPSA) is 73.8 Å². The Hall–Kier alpha value is -0.870. The van der Waals surface area contributed by atoms with Crippen LogP contribution in [0.1, 0.15) is 6.42 Å². The van der Waals surface area contributed by atoms with Gasteiger partial charge in [0.05, 0.1) is 19.8 Å². The van der Waals surface area contributed by atoms with E-state index in [9.17, 15) is 4.79 Å². The van der Waals surface area contributed by atoms with Gasteiger partial charge in [-0.1, -0.05) is 6.58 Å². The molecule has 0 aromatic heterocycles. The lowest BCUT2D eigenvalue weighted by atomic mass is 10.2. The molecular formula is C7H13NO3. The average molecular weight is 159 g/mol. The molecule has 0 aliphatic carbocycles. The minimum absolute atomic E-state index is 0. The third-order valence-corrected chi connectivity index (χ3v) is 1.35. The normalized spacial score (nSPS) is 19.9. The van der Waals surface area contributed by atoms with E-state index >= 15 is 0 Å². The third kappa shape index (κ3) is 3.15. The van der Waals surface area contributed by atoms with Crippen molar-refractivity contribution in [2.24, 2.45) is 0 Å². The Kier molecular flexibility index (Phi) is 3.78. The summed E-state index contributed by atoms with van der Waals surface area (Å²) in [5, 5.41) is 0. The molecule has 0 saturated carbocycles. The van der Waals surface area contributed by atoms with Crippen molar-refractivity contribution in [3.63, 3.8) is 0 Å². The average Bonchev–Trinajstić information content (AvgIpc) is 2.70. The van der Waals surface area contributed by atoms with Crippen LogP contribution in [0.3, 0.4) is 0 Å². The van der Waals surface area contributed by atoms with Gasteiger partial charge in [-0.05, 0) is 0 Å². The van der Waals surface area contributed by atoms with Gasteiger partial charge >= 0.3 is 5.97 Å². The number of esters is 1. The SMILES string of the molecule is C=C(CC1CO1)C(=O)OC.N. The zero-order valence-electron chi connectivity index (χ0n) is 6.63. The predicted octanol–water partition coefficient (Wildman–Crippen LogP) is 0.666. The van der Waals surface area contributed by atoms with Crippen molar-refractivity contribution in [3.8, 4) is 0 Å². The monoisotopic (exact) mass is 159 g/mol. The standard InChI is InChI=1S/C7H10O3.H3N/c1-5(7(8)9-2)3-6-4-10-6;/h6H,1,3-4H2,2H3;1H3. The molecule has 1 heterocycles. The number of hydrogen-bond acceptors (Lipinski definition) is 4. The van der Waals surface area contributed by atoms with Gasteiger partial charge in [0.2, 0.25) is 0 Å². The van der Waals surface area contributed by atoms with Crippen LogP contribution in [0, 0.1) is 0 Å². The molecule has 11 heavy (non-hydrogen) atoms. The Morgan fingerprint density at radius 3 is 2.73 bits per heavy atom. The Bertz CT molecular complexity index is 163. The van der Waals surface area contributed by atoms with E-state index < -0.39 is 0 Å². The quantitative estimate of drug-likeness (QED) is 0.373. The summed E-state index contributed by atoms with van der Waals surface area (Å²) in [6.45, 7) is 4.30. The highest BCUT2D eigenvalue weighted by atomic mass is 16.6. The van der Waals surface area contributed by atoms with Crippen LogP contribution in [-0.2, 0) is 14.3 Å². The maximum Gasteiger partial charge on any atom is 0.333 e. The molecule has 1 aliphatic heterocycles. The maximum atomic E-state index is 10.7. The summed E-state index contributed by atoms with van der Waals surface area (Å²) in [6, 6.07) is 0. The maximum absolute atomic E-state index is 10.7. The summed E-state index contributed by atoms with van der Waals surface area (Å²) < 4.78 is 9.35. The first kappa shape index (κ1) is 10.1. The first-order valence-electron chi connectivity index (χ1n) is 3.11. The van der Waals surface area contributed by atoms with E-state index in [4.69, 9.17) is 4.74 Å². The molecular weight excluding hydrogens is 146 g/mol. The van der Waals surface area contributed by atoms with Crippen molar-refractivity contribution in [1.82, 2.24) is 6.15 Å². The van der Waals surface area contributed by atoms with Crippen LogP contribution in [0.2, 0.25) is 0 Å². The van der Waals surface area contributed by atoms with Gasteiger partial charge in [0.1, 0.15) is 0 Å². The Labute approximate surface area is 65.8 Å². The number of hydrogen-bond donors (Lipinski definition) is 1. The minimum Gasteiger partial charge on any atom is -0.466 e. The molecule has 1 saturated heterocycles. The van der Waals surface area contributed by atoms with Gasteiger partial charge in [-0.2, -0.15) is 0 Å². The van der Waals surface area contributed by atoms with Gasteiger partial charge < -0.3 is 15.6 Å².